The molecule has 0 amide bonds. The van der Waals surface area contributed by atoms with Crippen LogP contribution in [0.2, 0.25) is 0 Å². The van der Waals surface area contributed by atoms with Crippen molar-refractivity contribution in [3.63, 3.8) is 0 Å². The third-order valence-electron chi connectivity index (χ3n) is 11.1. The first kappa shape index (κ1) is 30.2. The minimum Gasteiger partial charge on any atom is -0.252 e. The smallest absolute Gasteiger partial charge is 0.0979 e. The second-order valence-electron chi connectivity index (χ2n) is 14.1. The summed E-state index contributed by atoms with van der Waals surface area (Å²) < 4.78 is 2.69. The molecule has 0 aliphatic heterocycles. The van der Waals surface area contributed by atoms with Gasteiger partial charge in [0.25, 0.3) is 0 Å². The minimum absolute atomic E-state index is 0.355. The van der Waals surface area contributed by atoms with E-state index in [4.69, 9.17) is 9.97 Å². The maximum absolute atomic E-state index is 5.24. The number of thiophene rings is 1. The lowest BCUT2D eigenvalue weighted by molar-refractivity contribution is 0.827. The molecule has 0 bridgehead atoms. The van der Waals surface area contributed by atoms with Crippen LogP contribution in [-0.2, 0) is 6.42 Å². The molecule has 1 unspecified atom stereocenters. The Morgan fingerprint density at radius 3 is 1.94 bits per heavy atom. The van der Waals surface area contributed by atoms with Gasteiger partial charge in [-0.05, 0) is 86.5 Å². The summed E-state index contributed by atoms with van der Waals surface area (Å²) in [6.07, 6.45) is 7.60. The molecule has 53 heavy (non-hydrogen) atoms. The first-order valence-corrected chi connectivity index (χ1v) is 19.0. The Morgan fingerprint density at radius 1 is 0.472 bits per heavy atom. The second-order valence-corrected chi connectivity index (χ2v) is 15.2. The number of benzene rings is 8. The third-order valence-corrected chi connectivity index (χ3v) is 12.2. The summed E-state index contributed by atoms with van der Waals surface area (Å²) in [5.41, 5.74) is 12.8. The Hall–Kier alpha value is -6.42. The number of hydrogen-bond donors (Lipinski definition) is 0. The molecule has 248 valence electrons. The first-order chi connectivity index (χ1) is 26.2. The Balaban J connectivity index is 0.868. The van der Waals surface area contributed by atoms with Gasteiger partial charge < -0.3 is 0 Å². The van der Waals surface area contributed by atoms with Crippen molar-refractivity contribution in [2.24, 2.45) is 0 Å². The van der Waals surface area contributed by atoms with E-state index in [0.717, 1.165) is 39.5 Å². The predicted molar refractivity (Wildman–Crippen MR) is 226 cm³/mol. The van der Waals surface area contributed by atoms with Gasteiger partial charge in [-0.15, -0.1) is 11.3 Å². The highest BCUT2D eigenvalue weighted by atomic mass is 32.1. The van der Waals surface area contributed by atoms with Crippen LogP contribution in [0.1, 0.15) is 22.6 Å². The van der Waals surface area contributed by atoms with E-state index in [2.05, 4.69) is 170 Å². The topological polar surface area (TPSA) is 25.8 Å². The van der Waals surface area contributed by atoms with E-state index in [0.29, 0.717) is 5.92 Å². The Bertz CT molecular complexity index is 3060. The van der Waals surface area contributed by atoms with E-state index in [1.54, 1.807) is 0 Å². The molecule has 3 heteroatoms. The molecule has 11 rings (SSSR count). The molecule has 0 saturated heterocycles. The summed E-state index contributed by atoms with van der Waals surface area (Å²) >= 11 is 1.87. The van der Waals surface area contributed by atoms with Crippen LogP contribution >= 0.6 is 11.3 Å². The van der Waals surface area contributed by atoms with Crippen molar-refractivity contribution in [1.29, 1.82) is 0 Å². The summed E-state index contributed by atoms with van der Waals surface area (Å²) in [6.45, 7) is 0. The van der Waals surface area contributed by atoms with E-state index in [1.165, 1.54) is 69.9 Å². The average Bonchev–Trinajstić information content (AvgIpc) is 3.61. The van der Waals surface area contributed by atoms with Gasteiger partial charge in [-0.25, -0.2) is 4.98 Å². The fraction of sp³-hybridized carbons (Fsp3) is 0.0400. The van der Waals surface area contributed by atoms with Crippen molar-refractivity contribution in [1.82, 2.24) is 9.97 Å². The van der Waals surface area contributed by atoms with Crippen LogP contribution in [-0.4, -0.2) is 9.97 Å². The predicted octanol–water partition coefficient (Wildman–Crippen LogP) is 13.7. The van der Waals surface area contributed by atoms with Crippen LogP contribution in [0.25, 0.3) is 92.3 Å². The molecule has 1 aliphatic carbocycles. The fourth-order valence-corrected chi connectivity index (χ4v) is 9.40. The lowest BCUT2D eigenvalue weighted by Gasteiger charge is -2.21. The van der Waals surface area contributed by atoms with Gasteiger partial charge in [0.1, 0.15) is 0 Å². The fourth-order valence-electron chi connectivity index (χ4n) is 8.32. The summed E-state index contributed by atoms with van der Waals surface area (Å²) in [5, 5.41) is 7.37. The van der Waals surface area contributed by atoms with Crippen molar-refractivity contribution >= 4 is 70.2 Å². The quantitative estimate of drug-likeness (QED) is 0.172. The molecule has 8 aromatic carbocycles. The van der Waals surface area contributed by atoms with Gasteiger partial charge in [-0.3, -0.25) is 4.98 Å². The van der Waals surface area contributed by atoms with Gasteiger partial charge in [0.2, 0.25) is 0 Å². The zero-order valence-electron chi connectivity index (χ0n) is 28.8. The van der Waals surface area contributed by atoms with Gasteiger partial charge in [0.15, 0.2) is 0 Å². The van der Waals surface area contributed by atoms with E-state index in [1.807, 2.05) is 17.5 Å². The summed E-state index contributed by atoms with van der Waals surface area (Å²) in [7, 11) is 0. The highest BCUT2D eigenvalue weighted by molar-refractivity contribution is 7.25. The molecule has 1 atom stereocenters. The Labute approximate surface area is 311 Å². The van der Waals surface area contributed by atoms with Crippen molar-refractivity contribution in [3.05, 3.63) is 187 Å². The van der Waals surface area contributed by atoms with E-state index in [9.17, 15) is 0 Å². The van der Waals surface area contributed by atoms with Crippen molar-refractivity contribution < 1.29 is 0 Å². The molecule has 2 heterocycles. The number of fused-ring (bicyclic) bond motifs is 10. The molecule has 0 saturated carbocycles. The third kappa shape index (κ3) is 5.08. The highest BCUT2D eigenvalue weighted by Crippen LogP contribution is 2.39. The van der Waals surface area contributed by atoms with Crippen LogP contribution < -0.4 is 0 Å². The molecule has 2 aromatic heterocycles. The Kier molecular flexibility index (Phi) is 6.89. The number of rotatable bonds is 4. The molecular weight excluding hydrogens is 661 g/mol. The van der Waals surface area contributed by atoms with Crippen LogP contribution in [0.4, 0.5) is 0 Å². The van der Waals surface area contributed by atoms with Crippen LogP contribution in [0.3, 0.4) is 0 Å². The average molecular weight is 693 g/mol. The first-order valence-electron chi connectivity index (χ1n) is 18.2. The number of aromatic nitrogens is 2. The van der Waals surface area contributed by atoms with Crippen molar-refractivity contribution in [3.8, 4) is 33.5 Å². The van der Waals surface area contributed by atoms with Gasteiger partial charge in [-0.2, -0.15) is 0 Å². The Morgan fingerprint density at radius 2 is 1.11 bits per heavy atom. The van der Waals surface area contributed by atoms with Gasteiger partial charge in [0.05, 0.1) is 22.9 Å². The SMILES string of the molecule is C1=CC(c2ccc(-c3ccc4sc5ccccc5c4c3)cc2)Cc2ccc(-c3cccc(-c4cnc5c6ccccc6c6ccccc6c5n4)c3)cc21. The zero-order chi connectivity index (χ0) is 34.9. The number of allylic oxidation sites excluding steroid dienone is 1. The second kappa shape index (κ2) is 12.1. The lowest BCUT2D eigenvalue weighted by Crippen LogP contribution is -2.05. The maximum Gasteiger partial charge on any atom is 0.0979 e. The minimum atomic E-state index is 0.355. The molecular formula is C50H32N2S. The zero-order valence-corrected chi connectivity index (χ0v) is 29.6. The standard InChI is InChI=1S/C50H32N2S/c1-3-13-43-40(10-1)41-11-2-4-14-44(41)50-49(43)51-30-46(52-50)39-9-7-8-33(28-39)35-22-23-36-26-34(20-21-37(36)27-35)31-16-18-32(19-17-31)38-24-25-48-45(29-38)42-12-5-6-15-47(42)53-48/h1-25,27-30,34H,26H2. The molecule has 1 aliphatic rings. The number of nitrogens with zero attached hydrogens (tertiary/aromatic N) is 2. The lowest BCUT2D eigenvalue weighted by atomic mass is 9.83. The molecule has 0 spiro atoms. The molecule has 10 aromatic rings. The summed E-state index contributed by atoms with van der Waals surface area (Å²) in [5.74, 6) is 0.355. The van der Waals surface area contributed by atoms with Crippen molar-refractivity contribution in [2.75, 3.05) is 0 Å². The largest absolute Gasteiger partial charge is 0.252 e. The molecule has 0 radical (unpaired) electrons. The molecule has 2 nitrogen and oxygen atoms in total. The highest BCUT2D eigenvalue weighted by Gasteiger charge is 2.18. The maximum atomic E-state index is 5.24. The monoisotopic (exact) mass is 692 g/mol. The van der Waals surface area contributed by atoms with Crippen LogP contribution in [0.15, 0.2) is 170 Å². The summed E-state index contributed by atoms with van der Waals surface area (Å²) in [4.78, 5) is 10.2. The number of hydrogen-bond acceptors (Lipinski definition) is 3. The van der Waals surface area contributed by atoms with E-state index in [-0.39, 0.29) is 0 Å². The van der Waals surface area contributed by atoms with Gasteiger partial charge in [-0.1, -0.05) is 140 Å². The van der Waals surface area contributed by atoms with Crippen molar-refractivity contribution in [2.45, 2.75) is 12.3 Å². The summed E-state index contributed by atoms with van der Waals surface area (Å²) in [6, 6.07) is 57.4. The normalized spacial score (nSPS) is 14.1. The van der Waals surface area contributed by atoms with Gasteiger partial charge in [0, 0.05) is 42.4 Å². The van der Waals surface area contributed by atoms with Crippen LogP contribution in [0, 0.1) is 0 Å². The molecule has 0 fully saturated rings. The van der Waals surface area contributed by atoms with E-state index < -0.39 is 0 Å². The van der Waals surface area contributed by atoms with Crippen LogP contribution in [0.5, 0.6) is 0 Å². The molecule has 0 N–H and O–H groups in total. The van der Waals surface area contributed by atoms with E-state index >= 15 is 0 Å². The van der Waals surface area contributed by atoms with Gasteiger partial charge >= 0.3 is 0 Å².